The van der Waals surface area contributed by atoms with Gasteiger partial charge in [0.05, 0.1) is 11.8 Å². The summed E-state index contributed by atoms with van der Waals surface area (Å²) in [5, 5.41) is 8.87. The summed E-state index contributed by atoms with van der Waals surface area (Å²) in [7, 11) is -5.02. The maximum atomic E-state index is 12.9. The Morgan fingerprint density at radius 3 is 2.24 bits per heavy atom. The number of aromatic nitrogens is 1. The molecule has 0 saturated carbocycles. The molecule has 2 rings (SSSR count). The summed E-state index contributed by atoms with van der Waals surface area (Å²) in [5.74, 6) is -6.52. The molecule has 2 atom stereocenters. The summed E-state index contributed by atoms with van der Waals surface area (Å²) >= 11 is 0. The van der Waals surface area contributed by atoms with Crippen molar-refractivity contribution in [3.8, 4) is 0 Å². The Morgan fingerprint density at radius 2 is 1.80 bits per heavy atom. The summed E-state index contributed by atoms with van der Waals surface area (Å²) in [6.45, 7) is -2.37. The van der Waals surface area contributed by atoms with Gasteiger partial charge in [0.15, 0.2) is 5.69 Å². The van der Waals surface area contributed by atoms with Crippen LogP contribution in [0.2, 0.25) is 0 Å². The molecule has 1 fully saturated rings. The number of pyridine rings is 1. The molecule has 0 aliphatic carbocycles. The van der Waals surface area contributed by atoms with Gasteiger partial charge in [-0.2, -0.15) is 30.6 Å². The number of alkyl halides is 6. The van der Waals surface area contributed by atoms with Gasteiger partial charge < -0.3 is 5.11 Å². The second-order valence-electron chi connectivity index (χ2n) is 5.26. The lowest BCUT2D eigenvalue weighted by Gasteiger charge is -2.19. The smallest absolute Gasteiger partial charge is 0.434 e. The number of carbonyl (C=O) groups is 1. The number of sulfonamides is 1. The largest absolute Gasteiger partial charge is 0.481 e. The zero-order valence-electron chi connectivity index (χ0n) is 12.0. The molecule has 0 bridgehead atoms. The summed E-state index contributed by atoms with van der Waals surface area (Å²) in [4.78, 5) is 12.6. The van der Waals surface area contributed by atoms with Crippen molar-refractivity contribution in [2.24, 2.45) is 11.8 Å². The molecule has 0 amide bonds. The van der Waals surface area contributed by atoms with Crippen LogP contribution in [0.1, 0.15) is 5.69 Å². The van der Waals surface area contributed by atoms with E-state index in [-0.39, 0.29) is 4.31 Å². The van der Waals surface area contributed by atoms with Crippen LogP contribution in [0, 0.1) is 11.8 Å². The summed E-state index contributed by atoms with van der Waals surface area (Å²) < 4.78 is 102. The molecule has 25 heavy (non-hydrogen) atoms. The lowest BCUT2D eigenvalue weighted by Crippen LogP contribution is -2.34. The zero-order chi connectivity index (χ0) is 19.2. The normalized spacial score (nSPS) is 23.0. The number of hydrogen-bond acceptors (Lipinski definition) is 4. The minimum absolute atomic E-state index is 0.0934. The molecule has 13 heteroatoms. The van der Waals surface area contributed by atoms with E-state index in [1.165, 1.54) is 0 Å². The van der Waals surface area contributed by atoms with E-state index in [4.69, 9.17) is 5.11 Å². The molecule has 6 nitrogen and oxygen atoms in total. The highest BCUT2D eigenvalue weighted by Gasteiger charge is 2.55. The molecule has 1 N–H and O–H groups in total. The first-order valence-corrected chi connectivity index (χ1v) is 8.02. The highest BCUT2D eigenvalue weighted by molar-refractivity contribution is 7.89. The molecule has 0 unspecified atom stereocenters. The third-order valence-electron chi connectivity index (χ3n) is 3.68. The number of rotatable bonds is 3. The molecule has 1 aromatic heterocycles. The van der Waals surface area contributed by atoms with Crippen LogP contribution < -0.4 is 0 Å². The van der Waals surface area contributed by atoms with Crippen LogP contribution in [0.3, 0.4) is 0 Å². The fraction of sp³-hybridized carbons (Fsp3) is 0.500. The van der Waals surface area contributed by atoms with Crippen molar-refractivity contribution in [2.75, 3.05) is 13.1 Å². The van der Waals surface area contributed by atoms with E-state index in [9.17, 15) is 39.6 Å². The van der Waals surface area contributed by atoms with E-state index in [1.807, 2.05) is 0 Å². The fourth-order valence-corrected chi connectivity index (χ4v) is 4.15. The van der Waals surface area contributed by atoms with Crippen LogP contribution in [0.4, 0.5) is 26.3 Å². The average Bonchev–Trinajstić information content (AvgIpc) is 2.92. The Morgan fingerprint density at radius 1 is 1.20 bits per heavy atom. The van der Waals surface area contributed by atoms with Crippen molar-refractivity contribution in [3.05, 3.63) is 24.0 Å². The molecular weight excluding hydrogens is 382 g/mol. The van der Waals surface area contributed by atoms with Gasteiger partial charge in [-0.05, 0) is 12.1 Å². The van der Waals surface area contributed by atoms with Crippen molar-refractivity contribution in [1.82, 2.24) is 9.29 Å². The minimum atomic E-state index is -5.15. The number of nitrogens with zero attached hydrogens (tertiary/aromatic N) is 2. The summed E-state index contributed by atoms with van der Waals surface area (Å²) in [6.07, 6.45) is -9.49. The molecule has 1 aliphatic rings. The Balaban J connectivity index is 2.48. The molecule has 0 spiro atoms. The van der Waals surface area contributed by atoms with E-state index < -0.39 is 63.9 Å². The van der Waals surface area contributed by atoms with Crippen LogP contribution in [-0.2, 0) is 21.0 Å². The summed E-state index contributed by atoms with van der Waals surface area (Å²) in [5.41, 5.74) is -1.78. The Hall–Kier alpha value is -1.89. The zero-order valence-corrected chi connectivity index (χ0v) is 12.9. The van der Waals surface area contributed by atoms with E-state index in [1.54, 1.807) is 0 Å². The van der Waals surface area contributed by atoms with Gasteiger partial charge in [0.2, 0.25) is 10.0 Å². The monoisotopic (exact) mass is 392 g/mol. The minimum Gasteiger partial charge on any atom is -0.481 e. The first kappa shape index (κ1) is 19.4. The maximum Gasteiger partial charge on any atom is 0.434 e. The van der Waals surface area contributed by atoms with Gasteiger partial charge in [0.25, 0.3) is 0 Å². The molecule has 1 saturated heterocycles. The lowest BCUT2D eigenvalue weighted by molar-refractivity contribution is -0.187. The third-order valence-corrected chi connectivity index (χ3v) is 5.54. The number of halogens is 6. The highest BCUT2D eigenvalue weighted by Crippen LogP contribution is 2.41. The number of hydrogen-bond donors (Lipinski definition) is 1. The molecule has 0 radical (unpaired) electrons. The van der Waals surface area contributed by atoms with Crippen LogP contribution in [0.5, 0.6) is 0 Å². The Bertz CT molecular complexity index is 777. The highest BCUT2D eigenvalue weighted by atomic mass is 32.2. The van der Waals surface area contributed by atoms with Gasteiger partial charge in [0.1, 0.15) is 4.90 Å². The quantitative estimate of drug-likeness (QED) is 0.795. The number of carboxylic acids is 1. The predicted molar refractivity (Wildman–Crippen MR) is 68.7 cm³/mol. The van der Waals surface area contributed by atoms with Crippen molar-refractivity contribution >= 4 is 16.0 Å². The van der Waals surface area contributed by atoms with Gasteiger partial charge in [-0.3, -0.25) is 9.78 Å². The molecule has 1 aliphatic heterocycles. The summed E-state index contributed by atoms with van der Waals surface area (Å²) in [6, 6.07) is 1.44. The van der Waals surface area contributed by atoms with Gasteiger partial charge in [-0.15, -0.1) is 0 Å². The lowest BCUT2D eigenvalue weighted by atomic mass is 9.96. The Labute approximate surface area is 137 Å². The van der Waals surface area contributed by atoms with Crippen LogP contribution in [0.15, 0.2) is 23.2 Å². The third kappa shape index (κ3) is 3.71. The first-order chi connectivity index (χ1) is 11.3. The molecule has 2 heterocycles. The first-order valence-electron chi connectivity index (χ1n) is 6.58. The number of aliphatic carboxylic acids is 1. The van der Waals surface area contributed by atoms with Crippen LogP contribution in [0.25, 0.3) is 0 Å². The van der Waals surface area contributed by atoms with E-state index in [0.717, 1.165) is 6.07 Å². The van der Waals surface area contributed by atoms with Crippen molar-refractivity contribution in [2.45, 2.75) is 17.2 Å². The van der Waals surface area contributed by atoms with Crippen molar-refractivity contribution in [3.63, 3.8) is 0 Å². The predicted octanol–water partition coefficient (Wildman–Crippen LogP) is 1.98. The molecule has 140 valence electrons. The van der Waals surface area contributed by atoms with E-state index >= 15 is 0 Å². The van der Waals surface area contributed by atoms with Gasteiger partial charge >= 0.3 is 18.3 Å². The van der Waals surface area contributed by atoms with Gasteiger partial charge in [0, 0.05) is 19.3 Å². The van der Waals surface area contributed by atoms with Crippen molar-refractivity contribution in [1.29, 1.82) is 0 Å². The number of carboxylic acid groups (broad SMARTS) is 1. The van der Waals surface area contributed by atoms with Crippen LogP contribution in [-0.4, -0.2) is 48.0 Å². The Kier molecular flexibility index (Phi) is 4.76. The fourth-order valence-electron chi connectivity index (χ4n) is 2.50. The topological polar surface area (TPSA) is 87.6 Å². The van der Waals surface area contributed by atoms with E-state index in [0.29, 0.717) is 12.3 Å². The van der Waals surface area contributed by atoms with Gasteiger partial charge in [-0.1, -0.05) is 0 Å². The molecular formula is C12H10F6N2O4S. The average molecular weight is 392 g/mol. The van der Waals surface area contributed by atoms with Gasteiger partial charge in [-0.25, -0.2) is 8.42 Å². The second kappa shape index (κ2) is 6.12. The molecule has 0 aromatic carbocycles. The molecule has 1 aromatic rings. The van der Waals surface area contributed by atoms with Crippen molar-refractivity contribution < 1.29 is 44.7 Å². The van der Waals surface area contributed by atoms with E-state index in [2.05, 4.69) is 4.98 Å². The SMILES string of the molecule is O=C(O)[C@@H]1CN(S(=O)(=O)c2cccnc2C(F)(F)F)C[C@H]1C(F)(F)F. The standard InChI is InChI=1S/C12H10F6N2O4S/c13-11(14,15)7-5-20(4-6(7)10(21)22)25(23,24)8-2-1-3-19-9(8)12(16,17)18/h1-3,6-7H,4-5H2,(H,21,22)/t6-,7-/m1/s1. The maximum absolute atomic E-state index is 12.9. The second-order valence-corrected chi connectivity index (χ2v) is 7.17. The van der Waals surface area contributed by atoms with Crippen LogP contribution >= 0.6 is 0 Å².